The van der Waals surface area contributed by atoms with Gasteiger partial charge in [0.15, 0.2) is 5.11 Å². The number of halogens is 1. The summed E-state index contributed by atoms with van der Waals surface area (Å²) in [5, 5.41) is 3.99. The number of thiocarbonyl (C=S) groups is 1. The maximum absolute atomic E-state index is 12.7. The average Bonchev–Trinajstić information content (AvgIpc) is 2.98. The fraction of sp³-hybridized carbons (Fsp3) is 0.227. The van der Waals surface area contributed by atoms with Crippen LogP contribution in [0.5, 0.6) is 0 Å². The first-order valence-electron chi connectivity index (χ1n) is 9.95. The molecular weight excluding hydrogens is 512 g/mol. The van der Waals surface area contributed by atoms with Crippen LogP contribution >= 0.6 is 28.1 Å². The van der Waals surface area contributed by atoms with Crippen LogP contribution in [-0.2, 0) is 14.3 Å². The van der Waals surface area contributed by atoms with Crippen LogP contribution < -0.4 is 10.7 Å². The van der Waals surface area contributed by atoms with Crippen LogP contribution in [0.15, 0.2) is 53.0 Å². The number of hydrogen-bond donors (Lipinski definition) is 2. The highest BCUT2D eigenvalue weighted by molar-refractivity contribution is 9.10. The molecule has 9 nitrogen and oxygen atoms in total. The number of hydrazine groups is 1. The van der Waals surface area contributed by atoms with Crippen molar-refractivity contribution in [2.45, 2.75) is 19.4 Å². The van der Waals surface area contributed by atoms with Gasteiger partial charge in [-0.2, -0.15) is 0 Å². The lowest BCUT2D eigenvalue weighted by atomic mass is 10.1. The highest BCUT2D eigenvalue weighted by atomic mass is 79.9. The van der Waals surface area contributed by atoms with Crippen LogP contribution in [0.1, 0.15) is 34.1 Å². The zero-order valence-electron chi connectivity index (χ0n) is 17.8. The number of esters is 1. The molecule has 0 aliphatic carbocycles. The van der Waals surface area contributed by atoms with E-state index in [0.717, 1.165) is 4.47 Å². The highest BCUT2D eigenvalue weighted by Gasteiger charge is 2.42. The van der Waals surface area contributed by atoms with Crippen molar-refractivity contribution in [1.29, 1.82) is 0 Å². The summed E-state index contributed by atoms with van der Waals surface area (Å²) >= 11 is 8.59. The SMILES string of the molecule is CCOC(=O)c1ccc(NC(=O)CC2C(=O)N(C)C(=S)N2NC(=O)c2ccc(Br)cc2)cc1. The molecular formula is C22H21BrN4O5S. The van der Waals surface area contributed by atoms with Gasteiger partial charge >= 0.3 is 5.97 Å². The van der Waals surface area contributed by atoms with Crippen molar-refractivity contribution < 1.29 is 23.9 Å². The molecule has 3 amide bonds. The number of nitrogens with one attached hydrogen (secondary N) is 2. The number of likely N-dealkylation sites (N-methyl/N-ethyl adjacent to an activating group) is 1. The number of carbonyl (C=O) groups excluding carboxylic acids is 4. The molecule has 1 unspecified atom stereocenters. The van der Waals surface area contributed by atoms with Gasteiger partial charge in [0.1, 0.15) is 6.04 Å². The summed E-state index contributed by atoms with van der Waals surface area (Å²) < 4.78 is 5.74. The monoisotopic (exact) mass is 532 g/mol. The van der Waals surface area contributed by atoms with E-state index in [0.29, 0.717) is 16.8 Å². The van der Waals surface area contributed by atoms with Crippen LogP contribution in [0.2, 0.25) is 0 Å². The molecule has 1 aliphatic rings. The van der Waals surface area contributed by atoms with E-state index < -0.39 is 29.7 Å². The molecule has 0 aromatic heterocycles. The number of carbonyl (C=O) groups is 4. The molecule has 0 radical (unpaired) electrons. The summed E-state index contributed by atoms with van der Waals surface area (Å²) in [5.41, 5.74) is 3.79. The van der Waals surface area contributed by atoms with Crippen molar-refractivity contribution in [3.05, 3.63) is 64.1 Å². The highest BCUT2D eigenvalue weighted by Crippen LogP contribution is 2.19. The number of benzene rings is 2. The fourth-order valence-electron chi connectivity index (χ4n) is 3.09. The Hall–Kier alpha value is -3.31. The third kappa shape index (κ3) is 5.74. The third-order valence-electron chi connectivity index (χ3n) is 4.81. The van der Waals surface area contributed by atoms with E-state index in [-0.39, 0.29) is 18.1 Å². The van der Waals surface area contributed by atoms with Gasteiger partial charge in [-0.15, -0.1) is 0 Å². The fourth-order valence-corrected chi connectivity index (χ4v) is 3.62. The molecule has 1 saturated heterocycles. The first kappa shape index (κ1) is 24.3. The molecule has 0 saturated carbocycles. The van der Waals surface area contributed by atoms with E-state index in [1.807, 2.05) is 0 Å². The van der Waals surface area contributed by atoms with Gasteiger partial charge in [-0.3, -0.25) is 24.7 Å². The van der Waals surface area contributed by atoms with Crippen LogP contribution in [0, 0.1) is 0 Å². The zero-order valence-corrected chi connectivity index (χ0v) is 20.2. The van der Waals surface area contributed by atoms with Gasteiger partial charge in [0.2, 0.25) is 5.91 Å². The van der Waals surface area contributed by atoms with Crippen LogP contribution in [0.25, 0.3) is 0 Å². The molecule has 2 aromatic rings. The molecule has 11 heteroatoms. The van der Waals surface area contributed by atoms with Crippen LogP contribution in [-0.4, -0.2) is 58.4 Å². The largest absolute Gasteiger partial charge is 0.462 e. The summed E-state index contributed by atoms with van der Waals surface area (Å²) in [7, 11) is 1.48. The Balaban J connectivity index is 1.67. The zero-order chi connectivity index (χ0) is 24.1. The van der Waals surface area contributed by atoms with Gasteiger partial charge in [-0.1, -0.05) is 15.9 Å². The van der Waals surface area contributed by atoms with E-state index in [2.05, 4.69) is 26.7 Å². The van der Waals surface area contributed by atoms with E-state index >= 15 is 0 Å². The number of ether oxygens (including phenoxy) is 1. The van der Waals surface area contributed by atoms with Crippen molar-refractivity contribution in [2.75, 3.05) is 19.0 Å². The number of amides is 3. The Morgan fingerprint density at radius 1 is 1.06 bits per heavy atom. The molecule has 2 N–H and O–H groups in total. The van der Waals surface area contributed by atoms with Crippen molar-refractivity contribution in [3.63, 3.8) is 0 Å². The lowest BCUT2D eigenvalue weighted by Crippen LogP contribution is -2.49. The molecule has 0 spiro atoms. The molecule has 2 aromatic carbocycles. The topological polar surface area (TPSA) is 108 Å². The lowest BCUT2D eigenvalue weighted by molar-refractivity contribution is -0.130. The Morgan fingerprint density at radius 2 is 1.67 bits per heavy atom. The summed E-state index contributed by atoms with van der Waals surface area (Å²) in [4.78, 5) is 50.9. The Bertz CT molecular complexity index is 1090. The van der Waals surface area contributed by atoms with E-state index in [1.54, 1.807) is 43.3 Å². The van der Waals surface area contributed by atoms with Crippen LogP contribution in [0.4, 0.5) is 5.69 Å². The van der Waals surface area contributed by atoms with Gasteiger partial charge in [0, 0.05) is 22.8 Å². The molecule has 1 heterocycles. The molecule has 1 atom stereocenters. The van der Waals surface area contributed by atoms with Crippen LogP contribution in [0.3, 0.4) is 0 Å². The minimum Gasteiger partial charge on any atom is -0.462 e. The quantitative estimate of drug-likeness (QED) is 0.416. The van der Waals surface area contributed by atoms with E-state index in [1.165, 1.54) is 29.1 Å². The summed E-state index contributed by atoms with van der Waals surface area (Å²) in [6.07, 6.45) is -0.246. The van der Waals surface area contributed by atoms with E-state index in [9.17, 15) is 19.2 Å². The van der Waals surface area contributed by atoms with Gasteiger partial charge in [-0.05, 0) is 67.7 Å². The molecule has 172 valence electrons. The minimum absolute atomic E-state index is 0.0852. The molecule has 3 rings (SSSR count). The second-order valence-corrected chi connectivity index (χ2v) is 8.34. The number of nitrogens with zero attached hydrogens (tertiary/aromatic N) is 2. The van der Waals surface area contributed by atoms with Crippen molar-refractivity contribution in [1.82, 2.24) is 15.3 Å². The van der Waals surface area contributed by atoms with Gasteiger partial charge < -0.3 is 10.1 Å². The second-order valence-electron chi connectivity index (χ2n) is 7.06. The maximum atomic E-state index is 12.7. The molecule has 0 bridgehead atoms. The predicted molar refractivity (Wildman–Crippen MR) is 128 cm³/mol. The van der Waals surface area contributed by atoms with Gasteiger partial charge in [-0.25, -0.2) is 9.80 Å². The maximum Gasteiger partial charge on any atom is 0.338 e. The summed E-state index contributed by atoms with van der Waals surface area (Å²) in [6, 6.07) is 11.8. The average molecular weight is 533 g/mol. The standard InChI is InChI=1S/C22H21BrN4O5S/c1-3-32-21(31)14-6-10-16(11-7-14)24-18(28)12-17-20(30)26(2)22(33)27(17)25-19(29)13-4-8-15(23)9-5-13/h4-11,17H,3,12H2,1-2H3,(H,24,28)(H,25,29). The first-order chi connectivity index (χ1) is 15.7. The number of hydrogen-bond acceptors (Lipinski definition) is 6. The normalized spacial score (nSPS) is 15.4. The number of anilines is 1. The first-order valence-corrected chi connectivity index (χ1v) is 11.2. The summed E-state index contributed by atoms with van der Waals surface area (Å²) in [6.45, 7) is 1.97. The van der Waals surface area contributed by atoms with E-state index in [4.69, 9.17) is 17.0 Å². The molecule has 1 fully saturated rings. The Kier molecular flexibility index (Phi) is 7.77. The third-order valence-corrected chi connectivity index (χ3v) is 5.81. The minimum atomic E-state index is -0.999. The molecule has 33 heavy (non-hydrogen) atoms. The Labute approximate surface area is 204 Å². The van der Waals surface area contributed by atoms with Crippen molar-refractivity contribution in [3.8, 4) is 0 Å². The van der Waals surface area contributed by atoms with Gasteiger partial charge in [0.25, 0.3) is 11.8 Å². The van der Waals surface area contributed by atoms with Crippen molar-refractivity contribution >= 4 is 62.6 Å². The molecule has 1 aliphatic heterocycles. The second kappa shape index (κ2) is 10.5. The van der Waals surface area contributed by atoms with Crippen molar-refractivity contribution in [2.24, 2.45) is 0 Å². The number of rotatable bonds is 7. The summed E-state index contributed by atoms with van der Waals surface area (Å²) in [5.74, 6) is -1.80. The van der Waals surface area contributed by atoms with Gasteiger partial charge in [0.05, 0.1) is 18.6 Å². The lowest BCUT2D eigenvalue weighted by Gasteiger charge is -2.24. The predicted octanol–water partition coefficient (Wildman–Crippen LogP) is 2.73. The Morgan fingerprint density at radius 3 is 2.27 bits per heavy atom. The smallest absolute Gasteiger partial charge is 0.338 e.